The fourth-order valence-electron chi connectivity index (χ4n) is 1.62. The second-order valence-corrected chi connectivity index (χ2v) is 8.41. The van der Waals surface area contributed by atoms with E-state index in [1.54, 1.807) is 13.1 Å². The Balaban J connectivity index is 2.47. The van der Waals surface area contributed by atoms with E-state index in [4.69, 9.17) is 0 Å². The zero-order valence-corrected chi connectivity index (χ0v) is 13.1. The molecular weight excluding hydrogens is 283 g/mol. The van der Waals surface area contributed by atoms with Crippen molar-refractivity contribution >= 4 is 28.5 Å². The van der Waals surface area contributed by atoms with Crippen LogP contribution in [0.25, 0.3) is 0 Å². The number of rotatable bonds is 1. The van der Waals surface area contributed by atoms with Crippen molar-refractivity contribution in [3.05, 3.63) is 23.3 Å². The standard InChI is InChI=1S/C13H17FN2OS2/c1-8-11(14)12-9(7-15-8)10(5-6-18-12)16-19(17)13(2,3)4/h7H,5-6H2,1-4H3. The molecule has 0 amide bonds. The summed E-state index contributed by atoms with van der Waals surface area (Å²) < 4.78 is 30.0. The Bertz CT molecular complexity index is 564. The van der Waals surface area contributed by atoms with Crippen molar-refractivity contribution in [3.8, 4) is 0 Å². The third-order valence-electron chi connectivity index (χ3n) is 2.76. The summed E-state index contributed by atoms with van der Waals surface area (Å²) in [7, 11) is -1.33. The zero-order chi connectivity index (χ0) is 14.2. The van der Waals surface area contributed by atoms with E-state index in [1.807, 2.05) is 20.8 Å². The van der Waals surface area contributed by atoms with Crippen molar-refractivity contribution in [1.82, 2.24) is 4.98 Å². The highest BCUT2D eigenvalue weighted by Gasteiger charge is 2.25. The SMILES string of the molecule is Cc1ncc2c(c1F)SCCC2=NS(=O)C(C)(C)C. The van der Waals surface area contributed by atoms with Crippen LogP contribution in [-0.4, -0.2) is 25.4 Å². The Hall–Kier alpha value is -0.750. The number of hydrogen-bond donors (Lipinski definition) is 0. The maximum atomic E-state index is 14.0. The van der Waals surface area contributed by atoms with Crippen LogP contribution in [0.1, 0.15) is 38.4 Å². The number of pyridine rings is 1. The molecular formula is C13H17FN2OS2. The molecule has 0 N–H and O–H groups in total. The van der Waals surface area contributed by atoms with Crippen molar-refractivity contribution in [2.75, 3.05) is 5.75 Å². The average molecular weight is 300 g/mol. The van der Waals surface area contributed by atoms with Gasteiger partial charge < -0.3 is 0 Å². The van der Waals surface area contributed by atoms with E-state index in [0.717, 1.165) is 5.75 Å². The molecule has 0 fully saturated rings. The predicted molar refractivity (Wildman–Crippen MR) is 78.7 cm³/mol. The smallest absolute Gasteiger partial charge is 0.158 e. The largest absolute Gasteiger partial charge is 0.258 e. The van der Waals surface area contributed by atoms with E-state index in [2.05, 4.69) is 9.38 Å². The van der Waals surface area contributed by atoms with E-state index in [0.29, 0.717) is 28.3 Å². The molecule has 1 aliphatic rings. The van der Waals surface area contributed by atoms with Crippen molar-refractivity contribution < 1.29 is 8.60 Å². The van der Waals surface area contributed by atoms with Crippen LogP contribution in [0, 0.1) is 12.7 Å². The molecule has 2 heterocycles. The van der Waals surface area contributed by atoms with Crippen molar-refractivity contribution in [2.45, 2.75) is 43.8 Å². The lowest BCUT2D eigenvalue weighted by Crippen LogP contribution is -2.22. The third kappa shape index (κ3) is 3.05. The molecule has 1 aromatic heterocycles. The lowest BCUT2D eigenvalue weighted by molar-refractivity contribution is 0.582. The highest BCUT2D eigenvalue weighted by molar-refractivity contribution is 7.99. The summed E-state index contributed by atoms with van der Waals surface area (Å²) in [6.45, 7) is 7.27. The minimum absolute atomic E-state index is 0.281. The number of halogens is 1. The number of fused-ring (bicyclic) bond motifs is 1. The average Bonchev–Trinajstić information content (AvgIpc) is 2.33. The molecule has 0 saturated carbocycles. The summed E-state index contributed by atoms with van der Waals surface area (Å²) in [5.41, 5.74) is 1.79. The van der Waals surface area contributed by atoms with Gasteiger partial charge in [-0.2, -0.15) is 4.40 Å². The first-order valence-electron chi connectivity index (χ1n) is 6.08. The molecule has 19 heavy (non-hydrogen) atoms. The lowest BCUT2D eigenvalue weighted by atomic mass is 10.1. The first-order chi connectivity index (χ1) is 8.80. The molecule has 0 bridgehead atoms. The predicted octanol–water partition coefficient (Wildman–Crippen LogP) is 3.28. The molecule has 0 radical (unpaired) electrons. The Kier molecular flexibility index (Phi) is 4.11. The Morgan fingerprint density at radius 1 is 1.47 bits per heavy atom. The van der Waals surface area contributed by atoms with Crippen molar-refractivity contribution in [3.63, 3.8) is 0 Å². The molecule has 0 aliphatic carbocycles. The maximum absolute atomic E-state index is 14.0. The van der Waals surface area contributed by atoms with E-state index in [-0.39, 0.29) is 5.82 Å². The van der Waals surface area contributed by atoms with Crippen LogP contribution < -0.4 is 0 Å². The van der Waals surface area contributed by atoms with Gasteiger partial charge in [-0.1, -0.05) is 0 Å². The number of aromatic nitrogens is 1. The molecule has 3 nitrogen and oxygen atoms in total. The van der Waals surface area contributed by atoms with Gasteiger partial charge in [0.25, 0.3) is 0 Å². The van der Waals surface area contributed by atoms with Gasteiger partial charge in [0.2, 0.25) is 0 Å². The molecule has 6 heteroatoms. The third-order valence-corrected chi connectivity index (χ3v) is 5.29. The fourth-order valence-corrected chi connectivity index (χ4v) is 3.39. The van der Waals surface area contributed by atoms with Gasteiger partial charge in [-0.05, 0) is 27.7 Å². The molecule has 1 unspecified atom stereocenters. The van der Waals surface area contributed by atoms with E-state index in [1.165, 1.54) is 11.8 Å². The van der Waals surface area contributed by atoms with Crippen LogP contribution in [-0.2, 0) is 11.0 Å². The molecule has 1 atom stereocenters. The molecule has 2 rings (SSSR count). The van der Waals surface area contributed by atoms with Gasteiger partial charge in [0, 0.05) is 23.9 Å². The normalized spacial score (nSPS) is 19.3. The van der Waals surface area contributed by atoms with Gasteiger partial charge in [-0.3, -0.25) is 4.98 Å². The highest BCUT2D eigenvalue weighted by Crippen LogP contribution is 2.33. The van der Waals surface area contributed by atoms with E-state index < -0.39 is 15.7 Å². The first-order valence-corrected chi connectivity index (χ1v) is 8.18. The lowest BCUT2D eigenvalue weighted by Gasteiger charge is -2.20. The fraction of sp³-hybridized carbons (Fsp3) is 0.538. The summed E-state index contributed by atoms with van der Waals surface area (Å²) in [6, 6.07) is 0. The monoisotopic (exact) mass is 300 g/mol. The summed E-state index contributed by atoms with van der Waals surface area (Å²) in [5.74, 6) is 0.476. The van der Waals surface area contributed by atoms with Gasteiger partial charge in [0.15, 0.2) is 5.82 Å². The summed E-state index contributed by atoms with van der Waals surface area (Å²) in [6.07, 6.45) is 2.34. The van der Waals surface area contributed by atoms with Gasteiger partial charge in [0.1, 0.15) is 11.0 Å². The molecule has 104 valence electrons. The summed E-state index contributed by atoms with van der Waals surface area (Å²) in [5, 5.41) is 0. The highest BCUT2D eigenvalue weighted by atomic mass is 32.2. The minimum Gasteiger partial charge on any atom is -0.258 e. The zero-order valence-electron chi connectivity index (χ0n) is 11.5. The van der Waals surface area contributed by atoms with Gasteiger partial charge in [-0.25, -0.2) is 8.60 Å². The molecule has 0 saturated heterocycles. The molecule has 0 aromatic carbocycles. The number of thioether (sulfide) groups is 1. The summed E-state index contributed by atoms with van der Waals surface area (Å²) in [4.78, 5) is 4.63. The second-order valence-electron chi connectivity index (χ2n) is 5.40. The van der Waals surface area contributed by atoms with Crippen LogP contribution in [0.4, 0.5) is 4.39 Å². The maximum Gasteiger partial charge on any atom is 0.158 e. The molecule has 1 aliphatic heterocycles. The first kappa shape index (κ1) is 14.7. The van der Waals surface area contributed by atoms with Crippen molar-refractivity contribution in [2.24, 2.45) is 4.40 Å². The van der Waals surface area contributed by atoms with Crippen LogP contribution in [0.15, 0.2) is 15.5 Å². The number of nitrogens with zero attached hydrogens (tertiary/aromatic N) is 2. The van der Waals surface area contributed by atoms with Gasteiger partial charge >= 0.3 is 0 Å². The summed E-state index contributed by atoms with van der Waals surface area (Å²) >= 11 is 1.47. The minimum atomic E-state index is -1.33. The molecule has 1 aromatic rings. The van der Waals surface area contributed by atoms with Crippen LogP contribution in [0.2, 0.25) is 0 Å². The number of hydrogen-bond acceptors (Lipinski definition) is 3. The van der Waals surface area contributed by atoms with Crippen molar-refractivity contribution in [1.29, 1.82) is 0 Å². The second kappa shape index (κ2) is 5.32. The molecule has 0 spiro atoms. The quantitative estimate of drug-likeness (QED) is 0.799. The number of aryl methyl sites for hydroxylation is 1. The van der Waals surface area contributed by atoms with Crippen LogP contribution in [0.5, 0.6) is 0 Å². The van der Waals surface area contributed by atoms with E-state index in [9.17, 15) is 8.60 Å². The van der Waals surface area contributed by atoms with Gasteiger partial charge in [-0.15, -0.1) is 11.8 Å². The van der Waals surface area contributed by atoms with Gasteiger partial charge in [0.05, 0.1) is 21.0 Å². The Labute approximate surface area is 119 Å². The Morgan fingerprint density at radius 3 is 2.79 bits per heavy atom. The van der Waals surface area contributed by atoms with Crippen LogP contribution >= 0.6 is 11.8 Å². The van der Waals surface area contributed by atoms with E-state index >= 15 is 0 Å². The van der Waals surface area contributed by atoms with Crippen LogP contribution in [0.3, 0.4) is 0 Å². The topological polar surface area (TPSA) is 42.3 Å². The Morgan fingerprint density at radius 2 is 2.16 bits per heavy atom.